The highest BCUT2D eigenvalue weighted by atomic mass is 16.2. The summed E-state index contributed by atoms with van der Waals surface area (Å²) < 4.78 is 0. The van der Waals surface area contributed by atoms with E-state index in [1.165, 1.54) is 23.3 Å². The maximum absolute atomic E-state index is 11.8. The molecule has 0 aliphatic rings. The molecule has 0 radical (unpaired) electrons. The molecule has 2 aromatic rings. The Morgan fingerprint density at radius 2 is 1.04 bits per heavy atom. The standard InChI is InChI=1S/C24H28N2O2/c1-3-5-19-7-11-21(12-8-19)15-17-23(27)25-26-24(28)18-16-22-13-9-20(6-4-2)10-14-22/h7-18H,3-6H2,1-2H3,(H,25,27)(H,26,28)/b17-15+,18-16+. The molecule has 2 rings (SSSR count). The van der Waals surface area contributed by atoms with Gasteiger partial charge in [-0.25, -0.2) is 0 Å². The lowest BCUT2D eigenvalue weighted by Gasteiger charge is -2.02. The van der Waals surface area contributed by atoms with Gasteiger partial charge in [0, 0.05) is 12.2 Å². The molecule has 4 nitrogen and oxygen atoms in total. The molecule has 2 aromatic carbocycles. The maximum atomic E-state index is 11.8. The molecule has 0 spiro atoms. The summed E-state index contributed by atoms with van der Waals surface area (Å²) in [6, 6.07) is 16.1. The molecule has 146 valence electrons. The molecule has 0 fully saturated rings. The predicted molar refractivity (Wildman–Crippen MR) is 115 cm³/mol. The first-order valence-electron chi connectivity index (χ1n) is 9.74. The minimum Gasteiger partial charge on any atom is -0.268 e. The maximum Gasteiger partial charge on any atom is 0.262 e. The number of aryl methyl sites for hydroxylation is 2. The lowest BCUT2D eigenvalue weighted by molar-refractivity contribution is -0.123. The Bertz CT molecular complexity index is 747. The van der Waals surface area contributed by atoms with E-state index in [1.807, 2.05) is 24.3 Å². The van der Waals surface area contributed by atoms with Gasteiger partial charge in [0.05, 0.1) is 0 Å². The van der Waals surface area contributed by atoms with Gasteiger partial charge in [0.15, 0.2) is 0 Å². The number of hydrogen-bond acceptors (Lipinski definition) is 2. The van der Waals surface area contributed by atoms with Crippen LogP contribution in [-0.4, -0.2) is 11.8 Å². The van der Waals surface area contributed by atoms with E-state index in [2.05, 4.69) is 49.0 Å². The highest BCUT2D eigenvalue weighted by Gasteiger charge is 1.99. The van der Waals surface area contributed by atoms with Gasteiger partial charge >= 0.3 is 0 Å². The summed E-state index contributed by atoms with van der Waals surface area (Å²) in [6.45, 7) is 4.29. The van der Waals surface area contributed by atoms with Crippen LogP contribution in [-0.2, 0) is 22.4 Å². The topological polar surface area (TPSA) is 58.2 Å². The van der Waals surface area contributed by atoms with E-state index in [1.54, 1.807) is 12.2 Å². The highest BCUT2D eigenvalue weighted by Crippen LogP contribution is 2.09. The Balaban J connectivity index is 1.77. The second kappa shape index (κ2) is 11.5. The summed E-state index contributed by atoms with van der Waals surface area (Å²) in [6.07, 6.45) is 10.5. The molecule has 0 heterocycles. The third-order valence-corrected chi connectivity index (χ3v) is 4.20. The Kier molecular flexibility index (Phi) is 8.73. The quantitative estimate of drug-likeness (QED) is 0.528. The van der Waals surface area contributed by atoms with E-state index in [9.17, 15) is 9.59 Å². The number of carbonyl (C=O) groups excluding carboxylic acids is 2. The van der Waals surface area contributed by atoms with E-state index in [0.29, 0.717) is 0 Å². The zero-order valence-corrected chi connectivity index (χ0v) is 16.6. The summed E-state index contributed by atoms with van der Waals surface area (Å²) in [7, 11) is 0. The van der Waals surface area contributed by atoms with Crippen molar-refractivity contribution in [3.63, 3.8) is 0 Å². The van der Waals surface area contributed by atoms with Crippen LogP contribution >= 0.6 is 0 Å². The normalized spacial score (nSPS) is 11.1. The summed E-state index contributed by atoms with van der Waals surface area (Å²) in [5.74, 6) is -0.772. The Morgan fingerprint density at radius 3 is 1.36 bits per heavy atom. The van der Waals surface area contributed by atoms with Crippen LogP contribution < -0.4 is 10.9 Å². The van der Waals surface area contributed by atoms with Crippen molar-refractivity contribution >= 4 is 24.0 Å². The van der Waals surface area contributed by atoms with Crippen molar-refractivity contribution in [3.05, 3.63) is 82.9 Å². The zero-order chi connectivity index (χ0) is 20.2. The van der Waals surface area contributed by atoms with Gasteiger partial charge in [-0.15, -0.1) is 0 Å². The third-order valence-electron chi connectivity index (χ3n) is 4.20. The molecule has 0 saturated heterocycles. The summed E-state index contributed by atoms with van der Waals surface area (Å²) in [5.41, 5.74) is 9.18. The number of benzene rings is 2. The van der Waals surface area contributed by atoms with Gasteiger partial charge in [-0.3, -0.25) is 20.4 Å². The fourth-order valence-corrected chi connectivity index (χ4v) is 2.72. The van der Waals surface area contributed by atoms with Gasteiger partial charge in [-0.1, -0.05) is 75.2 Å². The molecule has 4 heteroatoms. The first kappa shape index (κ1) is 21.2. The first-order valence-corrected chi connectivity index (χ1v) is 9.74. The smallest absolute Gasteiger partial charge is 0.262 e. The second-order valence-electron chi connectivity index (χ2n) is 6.63. The van der Waals surface area contributed by atoms with Crippen LogP contribution in [0.2, 0.25) is 0 Å². The summed E-state index contributed by atoms with van der Waals surface area (Å²) in [5, 5.41) is 0. The van der Waals surface area contributed by atoms with Gasteiger partial charge in [-0.05, 0) is 47.2 Å². The second-order valence-corrected chi connectivity index (χ2v) is 6.63. The SMILES string of the molecule is CCCc1ccc(/C=C/C(=O)NNC(=O)/C=C/c2ccc(CCC)cc2)cc1. The fourth-order valence-electron chi connectivity index (χ4n) is 2.72. The molecule has 28 heavy (non-hydrogen) atoms. The van der Waals surface area contributed by atoms with Gasteiger partial charge in [0.2, 0.25) is 0 Å². The van der Waals surface area contributed by atoms with E-state index in [4.69, 9.17) is 0 Å². The van der Waals surface area contributed by atoms with E-state index in [0.717, 1.165) is 36.8 Å². The molecular formula is C24H28N2O2. The Morgan fingerprint density at radius 1 is 0.679 bits per heavy atom. The Labute approximate surface area is 167 Å². The van der Waals surface area contributed by atoms with Crippen molar-refractivity contribution in [2.75, 3.05) is 0 Å². The van der Waals surface area contributed by atoms with Crippen LogP contribution in [0.5, 0.6) is 0 Å². The molecule has 0 saturated carbocycles. The van der Waals surface area contributed by atoms with Crippen molar-refractivity contribution in [2.24, 2.45) is 0 Å². The number of rotatable bonds is 8. The van der Waals surface area contributed by atoms with Crippen molar-refractivity contribution in [2.45, 2.75) is 39.5 Å². The average molecular weight is 377 g/mol. The lowest BCUT2D eigenvalue weighted by atomic mass is 10.1. The van der Waals surface area contributed by atoms with Crippen LogP contribution in [0.4, 0.5) is 0 Å². The highest BCUT2D eigenvalue weighted by molar-refractivity contribution is 5.96. The van der Waals surface area contributed by atoms with Crippen LogP contribution in [0.25, 0.3) is 12.2 Å². The summed E-state index contributed by atoms with van der Waals surface area (Å²) >= 11 is 0. The van der Waals surface area contributed by atoms with Gasteiger partial charge < -0.3 is 0 Å². The molecule has 0 atom stereocenters. The number of carbonyl (C=O) groups is 2. The molecule has 0 aliphatic heterocycles. The first-order chi connectivity index (χ1) is 13.6. The molecule has 0 bridgehead atoms. The average Bonchev–Trinajstić information content (AvgIpc) is 2.71. The van der Waals surface area contributed by atoms with Crippen molar-refractivity contribution < 1.29 is 9.59 Å². The lowest BCUT2D eigenvalue weighted by Crippen LogP contribution is -2.39. The van der Waals surface area contributed by atoms with Gasteiger partial charge in [0.1, 0.15) is 0 Å². The summed E-state index contributed by atoms with van der Waals surface area (Å²) in [4.78, 5) is 23.7. The molecular weight excluding hydrogens is 348 g/mol. The van der Waals surface area contributed by atoms with Gasteiger partial charge in [-0.2, -0.15) is 0 Å². The molecule has 0 aliphatic carbocycles. The Hall–Kier alpha value is -3.14. The number of nitrogens with one attached hydrogen (secondary N) is 2. The fraction of sp³-hybridized carbons (Fsp3) is 0.250. The molecule has 0 unspecified atom stereocenters. The van der Waals surface area contributed by atoms with Crippen LogP contribution in [0.1, 0.15) is 48.9 Å². The number of hydrazine groups is 1. The van der Waals surface area contributed by atoms with Crippen molar-refractivity contribution in [1.29, 1.82) is 0 Å². The zero-order valence-electron chi connectivity index (χ0n) is 16.6. The number of hydrogen-bond donors (Lipinski definition) is 2. The van der Waals surface area contributed by atoms with Crippen LogP contribution in [0.15, 0.2) is 60.7 Å². The van der Waals surface area contributed by atoms with E-state index < -0.39 is 0 Å². The molecule has 2 amide bonds. The van der Waals surface area contributed by atoms with E-state index in [-0.39, 0.29) is 11.8 Å². The number of amides is 2. The van der Waals surface area contributed by atoms with Crippen LogP contribution in [0.3, 0.4) is 0 Å². The minimum absolute atomic E-state index is 0.386. The van der Waals surface area contributed by atoms with Crippen molar-refractivity contribution in [3.8, 4) is 0 Å². The molecule has 2 N–H and O–H groups in total. The third kappa shape index (κ3) is 7.62. The predicted octanol–water partition coefficient (Wildman–Crippen LogP) is 4.47. The van der Waals surface area contributed by atoms with E-state index >= 15 is 0 Å². The monoisotopic (exact) mass is 376 g/mol. The van der Waals surface area contributed by atoms with Gasteiger partial charge in [0.25, 0.3) is 11.8 Å². The van der Waals surface area contributed by atoms with Crippen molar-refractivity contribution in [1.82, 2.24) is 10.9 Å². The minimum atomic E-state index is -0.386. The van der Waals surface area contributed by atoms with Crippen LogP contribution in [0, 0.1) is 0 Å². The largest absolute Gasteiger partial charge is 0.268 e. The molecule has 0 aromatic heterocycles.